The van der Waals surface area contributed by atoms with Crippen molar-refractivity contribution in [1.82, 2.24) is 0 Å². The lowest BCUT2D eigenvalue weighted by Crippen LogP contribution is -2.64. The summed E-state index contributed by atoms with van der Waals surface area (Å²) in [5, 5.41) is 0. The van der Waals surface area contributed by atoms with Gasteiger partial charge in [-0.1, -0.05) is 49.4 Å². The SMILES string of the molecule is CO[C@](C(=O)O[C@H]1[C@@]2(C)O[C@@H]3[C@@H](C=C[C@H](C)[C@@]31COC(C)=O)O2)(c1ccccc1)C(F)(F)F. The van der Waals surface area contributed by atoms with Crippen LogP contribution in [-0.2, 0) is 38.9 Å². The molecule has 0 saturated carbocycles. The summed E-state index contributed by atoms with van der Waals surface area (Å²) in [5.41, 5.74) is -4.94. The van der Waals surface area contributed by atoms with Crippen molar-refractivity contribution in [2.24, 2.45) is 11.3 Å². The Morgan fingerprint density at radius 3 is 2.36 bits per heavy atom. The van der Waals surface area contributed by atoms with E-state index in [0.29, 0.717) is 0 Å². The Kier molecular flexibility index (Phi) is 5.62. The van der Waals surface area contributed by atoms with Crippen LogP contribution in [0.5, 0.6) is 0 Å². The molecule has 1 aromatic rings. The number of carbonyl (C=O) groups is 2. The van der Waals surface area contributed by atoms with Crippen LogP contribution in [0.4, 0.5) is 13.2 Å². The van der Waals surface area contributed by atoms with E-state index in [1.54, 1.807) is 19.1 Å². The lowest BCUT2D eigenvalue weighted by Gasteiger charge is -2.49. The molecule has 2 heterocycles. The molecule has 7 atom stereocenters. The summed E-state index contributed by atoms with van der Waals surface area (Å²) < 4.78 is 70.8. The largest absolute Gasteiger partial charge is 0.465 e. The Labute approximate surface area is 188 Å². The van der Waals surface area contributed by atoms with Crippen molar-refractivity contribution in [2.75, 3.05) is 13.7 Å². The highest BCUT2D eigenvalue weighted by molar-refractivity contribution is 5.83. The van der Waals surface area contributed by atoms with E-state index in [1.165, 1.54) is 32.0 Å². The first-order valence-electron chi connectivity index (χ1n) is 10.5. The summed E-state index contributed by atoms with van der Waals surface area (Å²) in [6.45, 7) is 4.31. The highest BCUT2D eigenvalue weighted by Crippen LogP contribution is 2.61. The van der Waals surface area contributed by atoms with Crippen molar-refractivity contribution >= 4 is 11.9 Å². The predicted molar refractivity (Wildman–Crippen MR) is 107 cm³/mol. The van der Waals surface area contributed by atoms with Crippen LogP contribution in [0.25, 0.3) is 0 Å². The number of halogens is 3. The summed E-state index contributed by atoms with van der Waals surface area (Å²) in [6, 6.07) is 6.55. The quantitative estimate of drug-likeness (QED) is 0.466. The van der Waals surface area contributed by atoms with Gasteiger partial charge < -0.3 is 23.7 Å². The molecule has 4 rings (SSSR count). The molecular formula is C23H25F3O7. The molecule has 0 N–H and O–H groups in total. The minimum absolute atomic E-state index is 0.219. The number of carbonyl (C=O) groups excluding carboxylic acids is 2. The van der Waals surface area contributed by atoms with Gasteiger partial charge in [-0.05, 0) is 12.8 Å². The smallest absolute Gasteiger partial charge is 0.432 e. The molecule has 3 aliphatic rings. The molecule has 2 bridgehead atoms. The second-order valence-corrected chi connectivity index (χ2v) is 8.74. The number of fused-ring (bicyclic) bond motifs is 1. The van der Waals surface area contributed by atoms with Crippen LogP contribution in [0.15, 0.2) is 42.5 Å². The monoisotopic (exact) mass is 470 g/mol. The van der Waals surface area contributed by atoms with Crippen molar-refractivity contribution in [3.63, 3.8) is 0 Å². The molecule has 1 aromatic carbocycles. The lowest BCUT2D eigenvalue weighted by molar-refractivity contribution is -0.291. The van der Waals surface area contributed by atoms with Crippen LogP contribution < -0.4 is 0 Å². The van der Waals surface area contributed by atoms with Gasteiger partial charge >= 0.3 is 18.1 Å². The molecule has 2 fully saturated rings. The molecule has 2 saturated heterocycles. The summed E-state index contributed by atoms with van der Waals surface area (Å²) in [4.78, 5) is 25.0. The van der Waals surface area contributed by atoms with Gasteiger partial charge in [-0.3, -0.25) is 4.79 Å². The van der Waals surface area contributed by atoms with Crippen molar-refractivity contribution in [1.29, 1.82) is 0 Å². The maximum Gasteiger partial charge on any atom is 0.432 e. The van der Waals surface area contributed by atoms with E-state index in [2.05, 4.69) is 0 Å². The third-order valence-electron chi connectivity index (χ3n) is 6.88. The van der Waals surface area contributed by atoms with E-state index < -0.39 is 58.8 Å². The first-order valence-corrected chi connectivity index (χ1v) is 10.5. The second-order valence-electron chi connectivity index (χ2n) is 8.74. The van der Waals surface area contributed by atoms with Crippen LogP contribution in [0.1, 0.15) is 26.3 Å². The maximum atomic E-state index is 14.4. The van der Waals surface area contributed by atoms with E-state index in [4.69, 9.17) is 23.7 Å². The number of alkyl halides is 3. The Bertz CT molecular complexity index is 965. The summed E-state index contributed by atoms with van der Waals surface area (Å²) in [6.07, 6.45) is -4.04. The number of benzene rings is 1. The van der Waals surface area contributed by atoms with E-state index >= 15 is 0 Å². The Hall–Kier alpha value is -2.43. The summed E-state index contributed by atoms with van der Waals surface area (Å²) in [5.74, 6) is -4.13. The van der Waals surface area contributed by atoms with E-state index in [9.17, 15) is 22.8 Å². The van der Waals surface area contributed by atoms with Gasteiger partial charge in [0.1, 0.15) is 18.8 Å². The minimum atomic E-state index is -5.13. The number of hydrogen-bond donors (Lipinski definition) is 0. The fourth-order valence-corrected chi connectivity index (χ4v) is 5.26. The van der Waals surface area contributed by atoms with Gasteiger partial charge in [-0.2, -0.15) is 13.2 Å². The van der Waals surface area contributed by atoms with Crippen LogP contribution in [0.3, 0.4) is 0 Å². The second kappa shape index (κ2) is 7.82. The molecule has 0 spiro atoms. The maximum absolute atomic E-state index is 14.4. The van der Waals surface area contributed by atoms with Gasteiger partial charge in [0, 0.05) is 19.6 Å². The number of esters is 2. The lowest BCUT2D eigenvalue weighted by atomic mass is 9.63. The van der Waals surface area contributed by atoms with Gasteiger partial charge in [0.2, 0.25) is 5.79 Å². The molecule has 33 heavy (non-hydrogen) atoms. The zero-order chi connectivity index (χ0) is 24.2. The molecular weight excluding hydrogens is 445 g/mol. The third-order valence-corrected chi connectivity index (χ3v) is 6.88. The molecule has 0 radical (unpaired) electrons. The van der Waals surface area contributed by atoms with Crippen molar-refractivity contribution in [2.45, 2.75) is 56.6 Å². The van der Waals surface area contributed by atoms with Gasteiger partial charge in [0.05, 0.1) is 5.41 Å². The van der Waals surface area contributed by atoms with E-state index in [0.717, 1.165) is 19.2 Å². The molecule has 7 nitrogen and oxygen atoms in total. The highest BCUT2D eigenvalue weighted by atomic mass is 19.4. The molecule has 180 valence electrons. The van der Waals surface area contributed by atoms with Crippen LogP contribution >= 0.6 is 0 Å². The average Bonchev–Trinajstić information content (AvgIpc) is 3.22. The highest BCUT2D eigenvalue weighted by Gasteiger charge is 2.76. The van der Waals surface area contributed by atoms with Crippen LogP contribution in [0, 0.1) is 11.3 Å². The number of rotatable bonds is 6. The third kappa shape index (κ3) is 3.30. The first-order chi connectivity index (χ1) is 15.4. The summed E-state index contributed by atoms with van der Waals surface area (Å²) in [7, 11) is 0.799. The molecule has 0 amide bonds. The zero-order valence-corrected chi connectivity index (χ0v) is 18.5. The fourth-order valence-electron chi connectivity index (χ4n) is 5.26. The number of allylic oxidation sites excluding steroid dienone is 1. The van der Waals surface area contributed by atoms with E-state index in [1.807, 2.05) is 0 Å². The van der Waals surface area contributed by atoms with Gasteiger partial charge in [-0.15, -0.1) is 0 Å². The Morgan fingerprint density at radius 2 is 1.79 bits per heavy atom. The van der Waals surface area contributed by atoms with Crippen molar-refractivity contribution in [3.05, 3.63) is 48.0 Å². The van der Waals surface area contributed by atoms with Gasteiger partial charge in [0.25, 0.3) is 5.60 Å². The van der Waals surface area contributed by atoms with Gasteiger partial charge in [-0.25, -0.2) is 4.79 Å². The minimum Gasteiger partial charge on any atom is -0.465 e. The average molecular weight is 470 g/mol. The molecule has 10 heteroatoms. The van der Waals surface area contributed by atoms with Crippen molar-refractivity contribution < 1.29 is 46.4 Å². The standard InChI is InChI=1S/C23H25F3O7/c1-13-10-11-16-17-21(13,12-30-14(2)27)18(20(3,32-16)33-17)31-19(28)22(29-4,23(24,25)26)15-8-6-5-7-9-15/h5-11,13,16-18H,12H2,1-4H3/t13-,16+,17+,18-,20+,21-,22-/m0/s1. The fraction of sp³-hybridized carbons (Fsp3) is 0.565. The molecule has 1 aliphatic carbocycles. The Morgan fingerprint density at radius 1 is 1.12 bits per heavy atom. The molecule has 2 aliphatic heterocycles. The molecule has 0 aromatic heterocycles. The van der Waals surface area contributed by atoms with E-state index in [-0.39, 0.29) is 12.5 Å². The van der Waals surface area contributed by atoms with Crippen LogP contribution in [-0.4, -0.2) is 55.9 Å². The summed E-state index contributed by atoms with van der Waals surface area (Å²) >= 11 is 0. The Balaban J connectivity index is 1.78. The number of methoxy groups -OCH3 is 1. The predicted octanol–water partition coefficient (Wildman–Crippen LogP) is 3.27. The van der Waals surface area contributed by atoms with Crippen molar-refractivity contribution in [3.8, 4) is 0 Å². The topological polar surface area (TPSA) is 80.3 Å². The molecule has 0 unspecified atom stereocenters. The number of hydrogen-bond acceptors (Lipinski definition) is 7. The number of ether oxygens (including phenoxy) is 5. The first kappa shape index (κ1) is 23.7. The van der Waals surface area contributed by atoms with Crippen LogP contribution in [0.2, 0.25) is 0 Å². The zero-order valence-electron chi connectivity index (χ0n) is 18.5. The normalized spacial score (nSPS) is 36.3. The van der Waals surface area contributed by atoms with Gasteiger partial charge in [0.15, 0.2) is 6.10 Å².